The van der Waals surface area contributed by atoms with Gasteiger partial charge in [-0.05, 0) is 37.1 Å². The first kappa shape index (κ1) is 17.5. The zero-order chi connectivity index (χ0) is 19.1. The molecule has 0 radical (unpaired) electrons. The van der Waals surface area contributed by atoms with E-state index in [0.29, 0.717) is 28.0 Å². The molecule has 0 bridgehead atoms. The van der Waals surface area contributed by atoms with Gasteiger partial charge in [-0.15, -0.1) is 10.2 Å². The zero-order valence-corrected chi connectivity index (χ0v) is 16.4. The van der Waals surface area contributed by atoms with Crippen LogP contribution >= 0.6 is 23.4 Å². The molecule has 1 aliphatic carbocycles. The van der Waals surface area contributed by atoms with Crippen LogP contribution in [0.2, 0.25) is 5.02 Å². The van der Waals surface area contributed by atoms with Gasteiger partial charge in [-0.2, -0.15) is 0 Å². The summed E-state index contributed by atoms with van der Waals surface area (Å²) in [4.78, 5) is 17.0. The fourth-order valence-corrected chi connectivity index (χ4v) is 4.15. The smallest absolute Gasteiger partial charge is 0.258 e. The normalized spacial score (nSPS) is 13.9. The largest absolute Gasteiger partial charge is 0.274 e. The molecule has 0 spiro atoms. The van der Waals surface area contributed by atoms with Crippen molar-refractivity contribution in [2.45, 2.75) is 29.7 Å². The number of hydrogen-bond acceptors (Lipinski definition) is 5. The summed E-state index contributed by atoms with van der Waals surface area (Å²) in [6, 6.07) is 15.2. The quantitative estimate of drug-likeness (QED) is 0.464. The molecule has 140 valence electrons. The fourth-order valence-electron chi connectivity index (χ4n) is 3.14. The molecule has 8 heteroatoms. The van der Waals surface area contributed by atoms with Crippen LogP contribution in [-0.4, -0.2) is 24.1 Å². The number of rotatable bonds is 5. The molecule has 5 rings (SSSR count). The molecule has 0 amide bonds. The third-order valence-electron chi connectivity index (χ3n) is 4.64. The molecule has 0 atom stereocenters. The Hall–Kier alpha value is -2.64. The number of nitrogens with zero attached hydrogens (tertiary/aromatic N) is 5. The van der Waals surface area contributed by atoms with Crippen molar-refractivity contribution in [3.8, 4) is 5.69 Å². The van der Waals surface area contributed by atoms with Crippen molar-refractivity contribution in [1.82, 2.24) is 24.1 Å². The maximum absolute atomic E-state index is 12.4. The van der Waals surface area contributed by atoms with Crippen LogP contribution in [0.15, 0.2) is 64.7 Å². The highest BCUT2D eigenvalue weighted by Crippen LogP contribution is 2.41. The Labute approximate surface area is 170 Å². The minimum absolute atomic E-state index is 0.147. The van der Waals surface area contributed by atoms with E-state index in [9.17, 15) is 4.79 Å². The number of fused-ring (bicyclic) bond motifs is 1. The first-order valence-electron chi connectivity index (χ1n) is 9.00. The van der Waals surface area contributed by atoms with Gasteiger partial charge in [-0.1, -0.05) is 41.6 Å². The SMILES string of the molecule is O=c1cc(CSc2nnc(C3CC3)n2-c2ccccc2)nc2ccc(Cl)cn12. The second-order valence-corrected chi connectivity index (χ2v) is 8.11. The summed E-state index contributed by atoms with van der Waals surface area (Å²) in [5.74, 6) is 2.02. The van der Waals surface area contributed by atoms with Crippen molar-refractivity contribution in [1.29, 1.82) is 0 Å². The molecule has 1 saturated carbocycles. The van der Waals surface area contributed by atoms with Crippen LogP contribution in [0.25, 0.3) is 11.3 Å². The van der Waals surface area contributed by atoms with Crippen LogP contribution in [0.5, 0.6) is 0 Å². The summed E-state index contributed by atoms with van der Waals surface area (Å²) < 4.78 is 3.57. The highest BCUT2D eigenvalue weighted by atomic mass is 35.5. The summed E-state index contributed by atoms with van der Waals surface area (Å²) >= 11 is 7.50. The Bertz CT molecular complexity index is 1220. The predicted molar refractivity (Wildman–Crippen MR) is 109 cm³/mol. The summed E-state index contributed by atoms with van der Waals surface area (Å²) in [5, 5.41) is 10.2. The highest BCUT2D eigenvalue weighted by molar-refractivity contribution is 7.98. The summed E-state index contributed by atoms with van der Waals surface area (Å²) in [7, 11) is 0. The Morgan fingerprint density at radius 3 is 2.71 bits per heavy atom. The molecular weight excluding hydrogens is 394 g/mol. The number of aromatic nitrogens is 5. The van der Waals surface area contributed by atoms with Crippen LogP contribution in [0.3, 0.4) is 0 Å². The van der Waals surface area contributed by atoms with Crippen molar-refractivity contribution in [2.75, 3.05) is 0 Å². The van der Waals surface area contributed by atoms with E-state index in [1.165, 1.54) is 16.2 Å². The van der Waals surface area contributed by atoms with Crippen molar-refractivity contribution in [3.63, 3.8) is 0 Å². The number of benzene rings is 1. The molecule has 3 heterocycles. The molecule has 0 unspecified atom stereocenters. The van der Waals surface area contributed by atoms with Gasteiger partial charge < -0.3 is 0 Å². The Kier molecular flexibility index (Phi) is 4.41. The second-order valence-electron chi connectivity index (χ2n) is 6.74. The lowest BCUT2D eigenvalue weighted by Gasteiger charge is -2.10. The first-order valence-corrected chi connectivity index (χ1v) is 10.4. The lowest BCUT2D eigenvalue weighted by atomic mass is 10.3. The molecule has 3 aromatic heterocycles. The zero-order valence-electron chi connectivity index (χ0n) is 14.8. The van der Waals surface area contributed by atoms with E-state index in [1.54, 1.807) is 24.4 Å². The molecule has 1 fully saturated rings. The van der Waals surface area contributed by atoms with Gasteiger partial charge in [0.25, 0.3) is 5.56 Å². The molecule has 4 aromatic rings. The lowest BCUT2D eigenvalue weighted by Crippen LogP contribution is -2.15. The first-order chi connectivity index (χ1) is 13.7. The molecule has 1 aromatic carbocycles. The van der Waals surface area contributed by atoms with Crippen LogP contribution < -0.4 is 5.56 Å². The summed E-state index contributed by atoms with van der Waals surface area (Å²) in [6.45, 7) is 0. The van der Waals surface area contributed by atoms with E-state index in [4.69, 9.17) is 11.6 Å². The van der Waals surface area contributed by atoms with Crippen molar-refractivity contribution < 1.29 is 0 Å². The maximum atomic E-state index is 12.4. The Morgan fingerprint density at radius 2 is 1.93 bits per heavy atom. The van der Waals surface area contributed by atoms with E-state index >= 15 is 0 Å². The minimum atomic E-state index is -0.147. The van der Waals surface area contributed by atoms with Gasteiger partial charge in [0.15, 0.2) is 5.16 Å². The van der Waals surface area contributed by atoms with Gasteiger partial charge in [0.2, 0.25) is 0 Å². The van der Waals surface area contributed by atoms with Crippen LogP contribution in [0, 0.1) is 0 Å². The average molecular weight is 410 g/mol. The standard InChI is InChI=1S/C20H16ClN5OS/c21-14-8-9-17-22-15(10-18(27)25(17)11-14)12-28-20-24-23-19(13-6-7-13)26(20)16-4-2-1-3-5-16/h1-5,8-11,13H,6-7,12H2. The van der Waals surface area contributed by atoms with E-state index < -0.39 is 0 Å². The lowest BCUT2D eigenvalue weighted by molar-refractivity contribution is 0.829. The van der Waals surface area contributed by atoms with Gasteiger partial charge in [0, 0.05) is 29.6 Å². The van der Waals surface area contributed by atoms with E-state index in [1.807, 2.05) is 18.2 Å². The number of halogens is 1. The van der Waals surface area contributed by atoms with Crippen LogP contribution in [0.1, 0.15) is 30.3 Å². The molecule has 0 N–H and O–H groups in total. The fraction of sp³-hybridized carbons (Fsp3) is 0.200. The van der Waals surface area contributed by atoms with Gasteiger partial charge in [0.1, 0.15) is 11.5 Å². The Morgan fingerprint density at radius 1 is 1.11 bits per heavy atom. The minimum Gasteiger partial charge on any atom is -0.274 e. The highest BCUT2D eigenvalue weighted by Gasteiger charge is 2.31. The number of para-hydroxylation sites is 1. The van der Waals surface area contributed by atoms with E-state index in [2.05, 4.69) is 31.9 Å². The second kappa shape index (κ2) is 7.07. The third kappa shape index (κ3) is 3.31. The van der Waals surface area contributed by atoms with Gasteiger partial charge in [-0.3, -0.25) is 13.8 Å². The number of hydrogen-bond donors (Lipinski definition) is 0. The monoisotopic (exact) mass is 409 g/mol. The molecule has 0 aliphatic heterocycles. The topological polar surface area (TPSA) is 65.1 Å². The molecule has 6 nitrogen and oxygen atoms in total. The van der Waals surface area contributed by atoms with E-state index in [0.717, 1.165) is 29.5 Å². The van der Waals surface area contributed by atoms with Gasteiger partial charge in [0.05, 0.1) is 10.7 Å². The van der Waals surface area contributed by atoms with Crippen molar-refractivity contribution in [2.24, 2.45) is 0 Å². The molecule has 28 heavy (non-hydrogen) atoms. The maximum Gasteiger partial charge on any atom is 0.258 e. The molecule has 0 saturated heterocycles. The van der Waals surface area contributed by atoms with Crippen LogP contribution in [0.4, 0.5) is 0 Å². The summed E-state index contributed by atoms with van der Waals surface area (Å²) in [6.07, 6.45) is 3.89. The number of pyridine rings is 1. The van der Waals surface area contributed by atoms with Crippen molar-refractivity contribution in [3.05, 3.63) is 81.6 Å². The van der Waals surface area contributed by atoms with Crippen LogP contribution in [-0.2, 0) is 5.75 Å². The van der Waals surface area contributed by atoms with E-state index in [-0.39, 0.29) is 5.56 Å². The average Bonchev–Trinajstić information content (AvgIpc) is 3.47. The molecular formula is C20H16ClN5OS. The summed E-state index contributed by atoms with van der Waals surface area (Å²) in [5.41, 5.74) is 2.19. The third-order valence-corrected chi connectivity index (χ3v) is 5.83. The number of thioether (sulfide) groups is 1. The molecule has 1 aliphatic rings. The van der Waals surface area contributed by atoms with Crippen molar-refractivity contribution >= 4 is 29.0 Å². The van der Waals surface area contributed by atoms with Gasteiger partial charge in [-0.25, -0.2) is 4.98 Å². The Balaban J connectivity index is 1.47. The van der Waals surface area contributed by atoms with Gasteiger partial charge >= 0.3 is 0 Å². The predicted octanol–water partition coefficient (Wildman–Crippen LogP) is 4.10.